The fraction of sp³-hybridized carbons (Fsp3) is 0.125. The average Bonchev–Trinajstić information content (AvgIpc) is 2.16. The average molecular weight is 181 g/mol. The van der Waals surface area contributed by atoms with Gasteiger partial charge < -0.3 is 9.74 Å². The van der Waals surface area contributed by atoms with Crippen molar-refractivity contribution in [3.63, 3.8) is 0 Å². The van der Waals surface area contributed by atoms with E-state index in [0.29, 0.717) is 10.5 Å². The smallest absolute Gasteiger partial charge is 0.311 e. The topological polar surface area (TPSA) is 38.3 Å². The zero-order valence-electron chi connectivity index (χ0n) is 6.91. The van der Waals surface area contributed by atoms with Crippen molar-refractivity contribution in [2.45, 2.75) is 0 Å². The number of carbonyl (C=O) groups is 1. The highest BCUT2D eigenvalue weighted by atomic mass is 28.2. The van der Waals surface area contributed by atoms with E-state index in [-0.39, 0.29) is 12.5 Å². The van der Waals surface area contributed by atoms with Crippen LogP contribution in [0.5, 0.6) is 0 Å². The van der Waals surface area contributed by atoms with E-state index in [2.05, 4.69) is 9.74 Å². The Labute approximate surface area is 74.3 Å². The molecule has 0 atom stereocenters. The molecule has 3 nitrogen and oxygen atoms in total. The number of rotatable bonds is 3. The van der Waals surface area contributed by atoms with E-state index in [9.17, 15) is 4.79 Å². The first-order chi connectivity index (χ1) is 5.83. The molecule has 0 saturated carbocycles. The maximum Gasteiger partial charge on any atom is 0.311 e. The van der Waals surface area contributed by atoms with Crippen LogP contribution in [0.25, 0.3) is 0 Å². The molecule has 0 aromatic heterocycles. The molecule has 0 spiro atoms. The van der Waals surface area contributed by atoms with Crippen LogP contribution in [-0.2, 0) is 9.22 Å². The van der Waals surface area contributed by atoms with Gasteiger partial charge in [0.1, 0.15) is 6.54 Å². The number of nitrogens with one attached hydrogen (secondary N) is 1. The first kappa shape index (κ1) is 8.80. The van der Waals surface area contributed by atoms with Crippen molar-refractivity contribution in [3.05, 3.63) is 30.3 Å². The second kappa shape index (κ2) is 4.56. The van der Waals surface area contributed by atoms with Gasteiger partial charge in [0.2, 0.25) is 10.5 Å². The van der Waals surface area contributed by atoms with E-state index in [1.807, 2.05) is 30.3 Å². The Morgan fingerprint density at radius 3 is 2.67 bits per heavy atom. The third-order valence-electron chi connectivity index (χ3n) is 1.44. The standard InChI is InChI=1S/C8H11NO2Si/c10-8(11-12)6-9-7-4-2-1-3-5-7/h1-5,9H,6H2,12H3. The zero-order valence-corrected chi connectivity index (χ0v) is 8.91. The summed E-state index contributed by atoms with van der Waals surface area (Å²) < 4.78 is 4.61. The molecule has 1 N–H and O–H groups in total. The molecular formula is C8H11NO2Si. The van der Waals surface area contributed by atoms with Gasteiger partial charge in [0.05, 0.1) is 0 Å². The summed E-state index contributed by atoms with van der Waals surface area (Å²) in [7, 11) is 0.460. The summed E-state index contributed by atoms with van der Waals surface area (Å²) in [6.07, 6.45) is 0. The van der Waals surface area contributed by atoms with Gasteiger partial charge in [-0.3, -0.25) is 4.79 Å². The number of benzene rings is 1. The van der Waals surface area contributed by atoms with Gasteiger partial charge in [-0.1, -0.05) is 18.2 Å². The van der Waals surface area contributed by atoms with E-state index >= 15 is 0 Å². The highest BCUT2D eigenvalue weighted by Gasteiger charge is 1.96. The number of hydrogen-bond donors (Lipinski definition) is 1. The molecule has 0 unspecified atom stereocenters. The molecule has 1 aromatic rings. The van der Waals surface area contributed by atoms with Crippen LogP contribution in [-0.4, -0.2) is 23.0 Å². The third-order valence-corrected chi connectivity index (χ3v) is 1.89. The van der Waals surface area contributed by atoms with E-state index < -0.39 is 0 Å². The van der Waals surface area contributed by atoms with Crippen molar-refractivity contribution in [2.24, 2.45) is 0 Å². The molecule has 0 amide bonds. The first-order valence-corrected chi connectivity index (χ1v) is 4.50. The molecule has 12 heavy (non-hydrogen) atoms. The van der Waals surface area contributed by atoms with E-state index in [1.54, 1.807) is 0 Å². The molecular weight excluding hydrogens is 170 g/mol. The van der Waals surface area contributed by atoms with Crippen molar-refractivity contribution in [1.82, 2.24) is 0 Å². The monoisotopic (exact) mass is 181 g/mol. The van der Waals surface area contributed by atoms with Gasteiger partial charge in [-0.15, -0.1) is 0 Å². The van der Waals surface area contributed by atoms with E-state index in [0.717, 1.165) is 5.69 Å². The van der Waals surface area contributed by atoms with Crippen LogP contribution >= 0.6 is 0 Å². The summed E-state index contributed by atoms with van der Waals surface area (Å²) in [5.74, 6) is -0.203. The van der Waals surface area contributed by atoms with Crippen molar-refractivity contribution in [2.75, 3.05) is 11.9 Å². The van der Waals surface area contributed by atoms with E-state index in [4.69, 9.17) is 0 Å². The molecule has 0 aliphatic rings. The Bertz CT molecular complexity index is 250. The Hall–Kier alpha value is -1.29. The Balaban J connectivity index is 2.38. The molecule has 4 heteroatoms. The first-order valence-electron chi connectivity index (χ1n) is 3.68. The van der Waals surface area contributed by atoms with Gasteiger partial charge in [-0.25, -0.2) is 0 Å². The summed E-state index contributed by atoms with van der Waals surface area (Å²) in [5, 5.41) is 2.94. The van der Waals surface area contributed by atoms with Crippen LogP contribution in [0, 0.1) is 0 Å². The van der Waals surface area contributed by atoms with Crippen LogP contribution in [0.15, 0.2) is 30.3 Å². The Morgan fingerprint density at radius 2 is 2.08 bits per heavy atom. The fourth-order valence-corrected chi connectivity index (χ4v) is 0.947. The molecule has 0 bridgehead atoms. The largest absolute Gasteiger partial charge is 0.527 e. The van der Waals surface area contributed by atoms with Crippen molar-refractivity contribution < 1.29 is 9.22 Å². The predicted molar refractivity (Wildman–Crippen MR) is 51.0 cm³/mol. The normalized spacial score (nSPS) is 9.33. The van der Waals surface area contributed by atoms with Gasteiger partial charge in [0, 0.05) is 5.69 Å². The van der Waals surface area contributed by atoms with Gasteiger partial charge in [0.15, 0.2) is 0 Å². The minimum atomic E-state index is -0.203. The number of para-hydroxylation sites is 1. The molecule has 0 radical (unpaired) electrons. The van der Waals surface area contributed by atoms with Gasteiger partial charge in [-0.05, 0) is 12.1 Å². The lowest BCUT2D eigenvalue weighted by atomic mass is 10.3. The van der Waals surface area contributed by atoms with Gasteiger partial charge in [0.25, 0.3) is 0 Å². The predicted octanol–water partition coefficient (Wildman–Crippen LogP) is -0.0779. The minimum Gasteiger partial charge on any atom is -0.527 e. The molecule has 0 saturated heterocycles. The molecule has 1 rings (SSSR count). The third kappa shape index (κ3) is 2.75. The van der Waals surface area contributed by atoms with Crippen molar-refractivity contribution in [1.29, 1.82) is 0 Å². The van der Waals surface area contributed by atoms with Crippen LogP contribution in [0.1, 0.15) is 0 Å². The zero-order chi connectivity index (χ0) is 8.81. The van der Waals surface area contributed by atoms with Crippen LogP contribution < -0.4 is 5.32 Å². The lowest BCUT2D eigenvalue weighted by Gasteiger charge is -2.03. The molecule has 64 valence electrons. The van der Waals surface area contributed by atoms with Crippen molar-refractivity contribution >= 4 is 22.1 Å². The SMILES string of the molecule is O=C(CNc1ccccc1)O[SiH3]. The molecule has 1 aromatic carbocycles. The molecule has 0 aliphatic carbocycles. The summed E-state index contributed by atoms with van der Waals surface area (Å²) >= 11 is 0. The maximum atomic E-state index is 10.7. The highest BCUT2D eigenvalue weighted by Crippen LogP contribution is 2.03. The molecule has 0 heterocycles. The summed E-state index contributed by atoms with van der Waals surface area (Å²) in [5.41, 5.74) is 0.935. The number of carbonyl (C=O) groups excluding carboxylic acids is 1. The fourth-order valence-electron chi connectivity index (χ4n) is 0.802. The summed E-state index contributed by atoms with van der Waals surface area (Å²) in [6.45, 7) is 0.244. The lowest BCUT2D eigenvalue weighted by Crippen LogP contribution is -2.15. The quantitative estimate of drug-likeness (QED) is 0.663. The molecule has 0 fully saturated rings. The van der Waals surface area contributed by atoms with Gasteiger partial charge >= 0.3 is 5.97 Å². The van der Waals surface area contributed by atoms with Crippen molar-refractivity contribution in [3.8, 4) is 0 Å². The Morgan fingerprint density at radius 1 is 1.42 bits per heavy atom. The highest BCUT2D eigenvalue weighted by molar-refractivity contribution is 6.05. The number of hydrogen-bond acceptors (Lipinski definition) is 3. The molecule has 0 aliphatic heterocycles. The maximum absolute atomic E-state index is 10.7. The van der Waals surface area contributed by atoms with Crippen LogP contribution in [0.3, 0.4) is 0 Å². The van der Waals surface area contributed by atoms with Gasteiger partial charge in [-0.2, -0.15) is 0 Å². The van der Waals surface area contributed by atoms with E-state index in [1.165, 1.54) is 0 Å². The Kier molecular flexibility index (Phi) is 3.34. The second-order valence-electron chi connectivity index (χ2n) is 2.30. The van der Waals surface area contributed by atoms with Crippen LogP contribution in [0.4, 0.5) is 5.69 Å². The minimum absolute atomic E-state index is 0.203. The summed E-state index contributed by atoms with van der Waals surface area (Å²) in [6, 6.07) is 9.56. The van der Waals surface area contributed by atoms with Crippen LogP contribution in [0.2, 0.25) is 0 Å². The number of anilines is 1. The second-order valence-corrected chi connectivity index (χ2v) is 2.70. The lowest BCUT2D eigenvalue weighted by molar-refractivity contribution is -0.132. The summed E-state index contributed by atoms with van der Waals surface area (Å²) in [4.78, 5) is 10.7.